The molecule has 98 valence electrons. The van der Waals surface area contributed by atoms with Crippen molar-refractivity contribution in [2.24, 2.45) is 10.9 Å². The Labute approximate surface area is 110 Å². The Kier molecular flexibility index (Phi) is 7.14. The summed E-state index contributed by atoms with van der Waals surface area (Å²) in [4.78, 5) is 21.6. The Bertz CT molecular complexity index is 432. The van der Waals surface area contributed by atoms with Crippen LogP contribution in [0.1, 0.15) is 18.4 Å². The predicted molar refractivity (Wildman–Crippen MR) is 71.0 cm³/mol. The molecule has 0 saturated carbocycles. The van der Waals surface area contributed by atoms with Gasteiger partial charge >= 0.3 is 5.97 Å². The van der Waals surface area contributed by atoms with Crippen LogP contribution < -0.4 is 11.2 Å². The number of carbonyl (C=O) groups is 2. The average molecular weight is 272 g/mol. The maximum Gasteiger partial charge on any atom is 0.303 e. The van der Waals surface area contributed by atoms with Crippen molar-refractivity contribution in [3.63, 3.8) is 0 Å². The molecule has 1 aromatic rings. The van der Waals surface area contributed by atoms with Gasteiger partial charge in [0, 0.05) is 12.1 Å². The number of hydrogen-bond acceptors (Lipinski definition) is 4. The quantitative estimate of drug-likeness (QED) is 0.425. The van der Waals surface area contributed by atoms with Crippen molar-refractivity contribution >= 4 is 36.2 Å². The molecule has 7 heteroatoms. The summed E-state index contributed by atoms with van der Waals surface area (Å²) in [6, 6.07) is 6.86. The normalized spacial score (nSPS) is 9.78. The van der Waals surface area contributed by atoms with Crippen LogP contribution in [0.2, 0.25) is 0 Å². The van der Waals surface area contributed by atoms with Gasteiger partial charge in [0.2, 0.25) is 5.91 Å². The molecule has 0 fully saturated rings. The number of nitrogens with two attached hydrogens (primary N) is 1. The topological polar surface area (TPSA) is 105 Å². The van der Waals surface area contributed by atoms with Crippen molar-refractivity contribution in [3.05, 3.63) is 29.8 Å². The van der Waals surface area contributed by atoms with E-state index >= 15 is 0 Å². The molecular formula is C11H14ClN3O3. The van der Waals surface area contributed by atoms with Gasteiger partial charge in [-0.2, -0.15) is 5.10 Å². The first kappa shape index (κ1) is 15.9. The van der Waals surface area contributed by atoms with Gasteiger partial charge in [-0.1, -0.05) is 12.1 Å². The number of carboxylic acid groups (broad SMARTS) is 1. The summed E-state index contributed by atoms with van der Waals surface area (Å²) in [5, 5.41) is 14.4. The molecule has 0 aliphatic carbocycles. The van der Waals surface area contributed by atoms with Gasteiger partial charge in [0.15, 0.2) is 0 Å². The van der Waals surface area contributed by atoms with Gasteiger partial charge in [-0.15, -0.1) is 12.4 Å². The number of rotatable bonds is 5. The SMILES string of the molecule is Cl.NN=Cc1ccc(NC(=O)CCC(=O)O)cc1. The van der Waals surface area contributed by atoms with E-state index in [-0.39, 0.29) is 31.2 Å². The van der Waals surface area contributed by atoms with Crippen LogP contribution in [0.4, 0.5) is 5.69 Å². The molecule has 1 aromatic carbocycles. The Morgan fingerprint density at radius 2 is 1.89 bits per heavy atom. The van der Waals surface area contributed by atoms with Crippen molar-refractivity contribution in [1.29, 1.82) is 0 Å². The Morgan fingerprint density at radius 3 is 2.39 bits per heavy atom. The molecule has 0 spiro atoms. The Morgan fingerprint density at radius 1 is 1.28 bits per heavy atom. The summed E-state index contributed by atoms with van der Waals surface area (Å²) < 4.78 is 0. The van der Waals surface area contributed by atoms with E-state index < -0.39 is 5.97 Å². The molecule has 0 bridgehead atoms. The first-order chi connectivity index (χ1) is 8.11. The highest BCUT2D eigenvalue weighted by Crippen LogP contribution is 2.09. The Hall–Kier alpha value is -2.08. The van der Waals surface area contributed by atoms with Crippen LogP contribution in [0, 0.1) is 0 Å². The highest BCUT2D eigenvalue weighted by molar-refractivity contribution is 5.92. The van der Waals surface area contributed by atoms with E-state index in [1.807, 2.05) is 0 Å². The number of halogens is 1. The second-order valence-corrected chi connectivity index (χ2v) is 3.34. The van der Waals surface area contributed by atoms with Crippen molar-refractivity contribution in [2.75, 3.05) is 5.32 Å². The lowest BCUT2D eigenvalue weighted by Gasteiger charge is -2.04. The molecule has 0 unspecified atom stereocenters. The third-order valence-electron chi connectivity index (χ3n) is 1.98. The van der Waals surface area contributed by atoms with Gasteiger partial charge < -0.3 is 16.3 Å². The molecule has 18 heavy (non-hydrogen) atoms. The first-order valence-corrected chi connectivity index (χ1v) is 4.97. The Balaban J connectivity index is 0.00000289. The fourth-order valence-corrected chi connectivity index (χ4v) is 1.18. The number of aliphatic carboxylic acids is 1. The molecule has 1 rings (SSSR count). The zero-order valence-corrected chi connectivity index (χ0v) is 10.3. The van der Waals surface area contributed by atoms with E-state index in [0.717, 1.165) is 5.56 Å². The summed E-state index contributed by atoms with van der Waals surface area (Å²) in [5.74, 6) is 3.67. The van der Waals surface area contributed by atoms with E-state index in [0.29, 0.717) is 5.69 Å². The van der Waals surface area contributed by atoms with Crippen LogP contribution >= 0.6 is 12.4 Å². The molecule has 0 heterocycles. The molecule has 0 radical (unpaired) electrons. The summed E-state index contributed by atoms with van der Waals surface area (Å²) in [6.45, 7) is 0. The third-order valence-corrected chi connectivity index (χ3v) is 1.98. The average Bonchev–Trinajstić information content (AvgIpc) is 2.29. The van der Waals surface area contributed by atoms with E-state index in [4.69, 9.17) is 10.9 Å². The molecule has 0 saturated heterocycles. The number of hydrazone groups is 1. The summed E-state index contributed by atoms with van der Waals surface area (Å²) >= 11 is 0. The second-order valence-electron chi connectivity index (χ2n) is 3.34. The number of anilines is 1. The number of carboxylic acids is 1. The zero-order valence-electron chi connectivity index (χ0n) is 9.50. The van der Waals surface area contributed by atoms with Gasteiger partial charge in [-0.3, -0.25) is 9.59 Å². The molecule has 6 nitrogen and oxygen atoms in total. The van der Waals surface area contributed by atoms with Crippen molar-refractivity contribution < 1.29 is 14.7 Å². The van der Waals surface area contributed by atoms with Gasteiger partial charge in [-0.25, -0.2) is 0 Å². The fourth-order valence-electron chi connectivity index (χ4n) is 1.18. The number of hydrogen-bond donors (Lipinski definition) is 3. The number of nitrogens with zero attached hydrogens (tertiary/aromatic N) is 1. The first-order valence-electron chi connectivity index (χ1n) is 4.97. The molecular weight excluding hydrogens is 258 g/mol. The molecule has 0 aromatic heterocycles. The minimum absolute atomic E-state index is 0. The number of amides is 1. The van der Waals surface area contributed by atoms with E-state index in [1.165, 1.54) is 6.21 Å². The van der Waals surface area contributed by atoms with Crippen LogP contribution in [-0.4, -0.2) is 23.2 Å². The summed E-state index contributed by atoms with van der Waals surface area (Å²) in [5.41, 5.74) is 1.42. The molecule has 0 atom stereocenters. The smallest absolute Gasteiger partial charge is 0.303 e. The zero-order chi connectivity index (χ0) is 12.7. The largest absolute Gasteiger partial charge is 0.481 e. The lowest BCUT2D eigenvalue weighted by Crippen LogP contribution is -2.13. The van der Waals surface area contributed by atoms with Gasteiger partial charge in [-0.05, 0) is 17.7 Å². The monoisotopic (exact) mass is 271 g/mol. The highest BCUT2D eigenvalue weighted by atomic mass is 35.5. The lowest BCUT2D eigenvalue weighted by atomic mass is 10.2. The van der Waals surface area contributed by atoms with E-state index in [1.54, 1.807) is 24.3 Å². The molecule has 0 aliphatic rings. The number of nitrogens with one attached hydrogen (secondary N) is 1. The highest BCUT2D eigenvalue weighted by Gasteiger charge is 2.05. The van der Waals surface area contributed by atoms with E-state index in [9.17, 15) is 9.59 Å². The van der Waals surface area contributed by atoms with Crippen LogP contribution in [0.5, 0.6) is 0 Å². The van der Waals surface area contributed by atoms with Crippen LogP contribution in [0.3, 0.4) is 0 Å². The minimum Gasteiger partial charge on any atom is -0.481 e. The van der Waals surface area contributed by atoms with Gasteiger partial charge in [0.1, 0.15) is 0 Å². The summed E-state index contributed by atoms with van der Waals surface area (Å²) in [6.07, 6.45) is 1.27. The molecule has 4 N–H and O–H groups in total. The second kappa shape index (κ2) is 8.08. The van der Waals surface area contributed by atoms with Gasteiger partial charge in [0.05, 0.1) is 12.6 Å². The predicted octanol–water partition coefficient (Wildman–Crippen LogP) is 1.20. The van der Waals surface area contributed by atoms with Crippen molar-refractivity contribution in [2.45, 2.75) is 12.8 Å². The van der Waals surface area contributed by atoms with Crippen LogP contribution in [-0.2, 0) is 9.59 Å². The molecule has 0 aliphatic heterocycles. The summed E-state index contributed by atoms with van der Waals surface area (Å²) in [7, 11) is 0. The maximum absolute atomic E-state index is 11.3. The van der Waals surface area contributed by atoms with Gasteiger partial charge in [0.25, 0.3) is 0 Å². The standard InChI is InChI=1S/C11H13N3O3.ClH/c12-13-7-8-1-3-9(4-2-8)14-10(15)5-6-11(16)17;/h1-4,7H,5-6,12H2,(H,14,15)(H,16,17);1H. The molecule has 1 amide bonds. The lowest BCUT2D eigenvalue weighted by molar-refractivity contribution is -0.138. The number of benzene rings is 1. The maximum atomic E-state index is 11.3. The van der Waals surface area contributed by atoms with Crippen LogP contribution in [0.15, 0.2) is 29.4 Å². The van der Waals surface area contributed by atoms with Crippen molar-refractivity contribution in [3.8, 4) is 0 Å². The third kappa shape index (κ3) is 5.86. The van der Waals surface area contributed by atoms with Crippen molar-refractivity contribution in [1.82, 2.24) is 0 Å². The number of carbonyl (C=O) groups excluding carboxylic acids is 1. The van der Waals surface area contributed by atoms with Crippen LogP contribution in [0.25, 0.3) is 0 Å². The fraction of sp³-hybridized carbons (Fsp3) is 0.182. The minimum atomic E-state index is -0.991. The van der Waals surface area contributed by atoms with E-state index in [2.05, 4.69) is 10.4 Å².